The highest BCUT2D eigenvalue weighted by molar-refractivity contribution is 6.08. The van der Waals surface area contributed by atoms with E-state index in [-0.39, 0.29) is 21.9 Å². The molecule has 27 heavy (non-hydrogen) atoms. The number of hydrogen-bond donors (Lipinski definition) is 0. The van der Waals surface area contributed by atoms with Gasteiger partial charge in [0.25, 0.3) is 5.91 Å². The van der Waals surface area contributed by atoms with E-state index in [0.29, 0.717) is 25.1 Å². The van der Waals surface area contributed by atoms with Crippen molar-refractivity contribution in [1.29, 1.82) is 0 Å². The van der Waals surface area contributed by atoms with Crippen molar-refractivity contribution in [3.05, 3.63) is 58.7 Å². The molecule has 4 nitrogen and oxygen atoms in total. The van der Waals surface area contributed by atoms with Crippen molar-refractivity contribution in [2.24, 2.45) is 0 Å². The number of halogens is 3. The van der Waals surface area contributed by atoms with Crippen LogP contribution in [0.25, 0.3) is 0 Å². The van der Waals surface area contributed by atoms with Crippen LogP contribution in [-0.2, 0) is 13.0 Å². The molecule has 0 atom stereocenters. The molecule has 2 aromatic carbocycles. The van der Waals surface area contributed by atoms with Crippen molar-refractivity contribution in [3.8, 4) is 5.75 Å². The van der Waals surface area contributed by atoms with Gasteiger partial charge in [0.2, 0.25) is 0 Å². The van der Waals surface area contributed by atoms with Gasteiger partial charge in [-0.2, -0.15) is 0 Å². The molecule has 0 spiro atoms. The summed E-state index contributed by atoms with van der Waals surface area (Å²) in [6.07, 6.45) is -4.40. The molecule has 0 fully saturated rings. The van der Waals surface area contributed by atoms with Crippen LogP contribution in [-0.4, -0.2) is 37.8 Å². The number of amides is 1. The van der Waals surface area contributed by atoms with Gasteiger partial charge in [-0.1, -0.05) is 18.2 Å². The lowest BCUT2D eigenvalue weighted by Gasteiger charge is -2.32. The summed E-state index contributed by atoms with van der Waals surface area (Å²) in [5.74, 6) is -1.02. The first-order valence-corrected chi connectivity index (χ1v) is 8.57. The average molecular weight is 378 g/mol. The van der Waals surface area contributed by atoms with Gasteiger partial charge in [-0.25, -0.2) is 4.90 Å². The van der Waals surface area contributed by atoms with Crippen LogP contribution in [0.15, 0.2) is 36.4 Å². The minimum atomic E-state index is -4.86. The molecular formula is C20H21F3N2O2. The number of methoxy groups -OCH3 is 1. The van der Waals surface area contributed by atoms with Gasteiger partial charge in [0.1, 0.15) is 5.75 Å². The monoisotopic (exact) mass is 378 g/mol. The summed E-state index contributed by atoms with van der Waals surface area (Å²) in [6, 6.07) is 9.25. The van der Waals surface area contributed by atoms with Crippen molar-refractivity contribution >= 4 is 11.6 Å². The van der Waals surface area contributed by atoms with Crippen molar-refractivity contribution in [2.75, 3.05) is 25.6 Å². The molecule has 1 amide bonds. The van der Waals surface area contributed by atoms with Crippen molar-refractivity contribution in [3.63, 3.8) is 0 Å². The molecule has 0 bridgehead atoms. The van der Waals surface area contributed by atoms with Crippen molar-refractivity contribution in [2.45, 2.75) is 26.2 Å². The Kier molecular flexibility index (Phi) is 5.15. The lowest BCUT2D eigenvalue weighted by atomic mass is 9.97. The van der Waals surface area contributed by atoms with Gasteiger partial charge in [-0.05, 0) is 55.3 Å². The number of carbonyl (C=O) groups is 1. The van der Waals surface area contributed by atoms with Gasteiger partial charge in [0.05, 0.1) is 18.4 Å². The second kappa shape index (κ2) is 7.23. The number of hydrogen-bond acceptors (Lipinski definition) is 3. The van der Waals surface area contributed by atoms with E-state index in [9.17, 15) is 18.0 Å². The van der Waals surface area contributed by atoms with E-state index < -0.39 is 12.2 Å². The van der Waals surface area contributed by atoms with Gasteiger partial charge in [0, 0.05) is 13.1 Å². The lowest BCUT2D eigenvalue weighted by molar-refractivity contribution is -0.122. The highest BCUT2D eigenvalue weighted by atomic mass is 19.4. The second-order valence-corrected chi connectivity index (χ2v) is 6.71. The van der Waals surface area contributed by atoms with E-state index in [1.165, 1.54) is 19.2 Å². The molecule has 1 aliphatic rings. The number of alkyl halides is 3. The minimum absolute atomic E-state index is 0.0651. The topological polar surface area (TPSA) is 32.8 Å². The summed E-state index contributed by atoms with van der Waals surface area (Å²) in [5, 5.41) is 0. The van der Waals surface area contributed by atoms with Crippen LogP contribution in [0.4, 0.5) is 18.9 Å². The highest BCUT2D eigenvalue weighted by Gasteiger charge is 2.44. The number of carbonyl (C=O) groups excluding carboxylic acids is 1. The Labute approximate surface area is 156 Å². The van der Waals surface area contributed by atoms with Crippen molar-refractivity contribution in [1.82, 2.24) is 4.90 Å². The number of rotatable bonds is 3. The SMILES string of the molecule is COc1cc(C)ccc1C(=O)N(c1cccc2c1CCN(C)C2)C(F)(F)F. The fourth-order valence-electron chi connectivity index (χ4n) is 3.40. The highest BCUT2D eigenvalue weighted by Crippen LogP contribution is 2.37. The maximum Gasteiger partial charge on any atom is 0.491 e. The van der Waals surface area contributed by atoms with Crippen LogP contribution in [0.3, 0.4) is 0 Å². The Morgan fingerprint density at radius 3 is 2.63 bits per heavy atom. The van der Waals surface area contributed by atoms with Gasteiger partial charge >= 0.3 is 6.30 Å². The normalized spacial score (nSPS) is 14.6. The molecule has 0 aromatic heterocycles. The van der Waals surface area contributed by atoms with Gasteiger partial charge in [0.15, 0.2) is 0 Å². The Balaban J connectivity index is 2.12. The molecule has 2 aromatic rings. The largest absolute Gasteiger partial charge is 0.496 e. The van der Waals surface area contributed by atoms with Crippen LogP contribution >= 0.6 is 0 Å². The van der Waals surface area contributed by atoms with Crippen LogP contribution in [0.5, 0.6) is 5.75 Å². The van der Waals surface area contributed by atoms with E-state index in [1.807, 2.05) is 11.9 Å². The summed E-state index contributed by atoms with van der Waals surface area (Å²) in [6.45, 7) is 2.97. The number of ether oxygens (including phenoxy) is 1. The summed E-state index contributed by atoms with van der Waals surface area (Å²) >= 11 is 0. The zero-order valence-electron chi connectivity index (χ0n) is 15.4. The predicted molar refractivity (Wildman–Crippen MR) is 97.1 cm³/mol. The second-order valence-electron chi connectivity index (χ2n) is 6.71. The first kappa shape index (κ1) is 19.2. The fourth-order valence-corrected chi connectivity index (χ4v) is 3.40. The quantitative estimate of drug-likeness (QED) is 0.752. The molecule has 144 valence electrons. The molecule has 0 radical (unpaired) electrons. The molecule has 0 N–H and O–H groups in total. The number of benzene rings is 2. The van der Waals surface area contributed by atoms with Crippen molar-refractivity contribution < 1.29 is 22.7 Å². The third kappa shape index (κ3) is 3.78. The van der Waals surface area contributed by atoms with E-state index in [1.54, 1.807) is 31.2 Å². The summed E-state index contributed by atoms with van der Waals surface area (Å²) < 4.78 is 47.0. The summed E-state index contributed by atoms with van der Waals surface area (Å²) in [4.78, 5) is 14.9. The van der Waals surface area contributed by atoms with Crippen LogP contribution in [0.1, 0.15) is 27.0 Å². The van der Waals surface area contributed by atoms with Crippen LogP contribution < -0.4 is 9.64 Å². The maximum absolute atomic E-state index is 14.0. The summed E-state index contributed by atoms with van der Waals surface area (Å²) in [7, 11) is 3.25. The molecule has 7 heteroatoms. The first-order valence-electron chi connectivity index (χ1n) is 8.57. The molecule has 0 saturated heterocycles. The molecular weight excluding hydrogens is 357 g/mol. The Morgan fingerprint density at radius 2 is 1.96 bits per heavy atom. The van der Waals surface area contributed by atoms with E-state index in [0.717, 1.165) is 11.1 Å². The molecule has 3 rings (SSSR count). The zero-order valence-corrected chi connectivity index (χ0v) is 15.4. The molecule has 0 unspecified atom stereocenters. The number of fused-ring (bicyclic) bond motifs is 1. The van der Waals surface area contributed by atoms with Crippen LogP contribution in [0.2, 0.25) is 0 Å². The molecule has 0 aliphatic carbocycles. The third-order valence-electron chi connectivity index (χ3n) is 4.72. The van der Waals surface area contributed by atoms with Gasteiger partial charge < -0.3 is 9.64 Å². The number of likely N-dealkylation sites (N-methyl/N-ethyl adjacent to an activating group) is 1. The number of aryl methyl sites for hydroxylation is 1. The Hall–Kier alpha value is -2.54. The summed E-state index contributed by atoms with van der Waals surface area (Å²) in [5.41, 5.74) is 1.93. The Morgan fingerprint density at radius 1 is 1.22 bits per heavy atom. The van der Waals surface area contributed by atoms with Gasteiger partial charge in [-0.3, -0.25) is 4.79 Å². The fraction of sp³-hybridized carbons (Fsp3) is 0.350. The lowest BCUT2D eigenvalue weighted by Crippen LogP contribution is -2.44. The van der Waals surface area contributed by atoms with E-state index >= 15 is 0 Å². The standard InChI is InChI=1S/C20H21F3N2O2/c1-13-7-8-16(18(11-13)27-3)19(26)25(20(21,22)23)17-6-4-5-14-12-24(2)10-9-15(14)17/h4-8,11H,9-10,12H2,1-3H3. The average Bonchev–Trinajstić information content (AvgIpc) is 2.60. The zero-order chi connectivity index (χ0) is 19.8. The predicted octanol–water partition coefficient (Wildman–Crippen LogP) is 4.16. The Bertz CT molecular complexity index is 865. The molecule has 1 aliphatic heterocycles. The molecule has 1 heterocycles. The molecule has 0 saturated carbocycles. The number of nitrogens with zero attached hydrogens (tertiary/aromatic N) is 2. The van der Waals surface area contributed by atoms with E-state index in [2.05, 4.69) is 0 Å². The first-order chi connectivity index (χ1) is 12.7. The van der Waals surface area contributed by atoms with Crippen LogP contribution in [0, 0.1) is 6.92 Å². The smallest absolute Gasteiger partial charge is 0.491 e. The van der Waals surface area contributed by atoms with E-state index in [4.69, 9.17) is 4.74 Å². The maximum atomic E-state index is 14.0. The minimum Gasteiger partial charge on any atom is -0.496 e. The van der Waals surface area contributed by atoms with Gasteiger partial charge in [-0.15, -0.1) is 13.2 Å². The third-order valence-corrected chi connectivity index (χ3v) is 4.72. The number of anilines is 1.